The predicted molar refractivity (Wildman–Crippen MR) is 88.5 cm³/mol. The molecule has 1 aliphatic rings. The van der Waals surface area contributed by atoms with Crippen LogP contribution < -0.4 is 5.73 Å². The van der Waals surface area contributed by atoms with E-state index >= 15 is 0 Å². The third-order valence-corrected chi connectivity index (χ3v) is 3.64. The van der Waals surface area contributed by atoms with Crippen molar-refractivity contribution in [2.75, 3.05) is 5.73 Å². The number of aliphatic hydroxyl groups is 1. The average Bonchev–Trinajstić information content (AvgIpc) is 2.54. The number of carboxylic acids is 2. The maximum Gasteiger partial charge on any atom is 0.328 e. The summed E-state index contributed by atoms with van der Waals surface area (Å²) in [6.45, 7) is 0. The summed E-state index contributed by atoms with van der Waals surface area (Å²) in [5.41, 5.74) is 9.58. The number of carbonyl (C=O) groups is 2. The summed E-state index contributed by atoms with van der Waals surface area (Å²) in [6.07, 6.45) is 3.36. The molecule has 0 spiro atoms. The number of aliphatic carboxylic acids is 2. The lowest BCUT2D eigenvalue weighted by atomic mass is 9.90. The van der Waals surface area contributed by atoms with Gasteiger partial charge in [0, 0.05) is 34.5 Å². The number of aromatic nitrogens is 1. The Hall–Kier alpha value is -2.93. The summed E-state index contributed by atoms with van der Waals surface area (Å²) < 4.78 is 0. The summed E-state index contributed by atoms with van der Waals surface area (Å²) in [4.78, 5) is 23.7. The number of pyridine rings is 1. The fourth-order valence-corrected chi connectivity index (χ4v) is 2.62. The van der Waals surface area contributed by atoms with Gasteiger partial charge in [-0.3, -0.25) is 4.98 Å². The Balaban J connectivity index is 0.000000224. The number of para-hydroxylation sites is 1. The number of fused-ring (bicyclic) bond motifs is 2. The lowest BCUT2D eigenvalue weighted by Gasteiger charge is -2.23. The highest BCUT2D eigenvalue weighted by atomic mass is 16.4. The minimum atomic E-state index is -1.26. The summed E-state index contributed by atoms with van der Waals surface area (Å²) in [5.74, 6) is -2.51. The SMILES string of the molecule is Nc1c2c(nc3ccccc13)CCCC2O.O=C(O)/C=C\C(=O)O. The number of nitrogen functional groups attached to an aromatic ring is 1. The van der Waals surface area contributed by atoms with Crippen LogP contribution in [0.25, 0.3) is 10.9 Å². The standard InChI is InChI=1S/C13H14N2O.C4H4O4/c14-13-8-4-1-2-5-9(8)15-10-6-3-7-11(16)12(10)13;5-3(6)1-2-4(7)8/h1-2,4-5,11,16H,3,6-7H2,(H2,14,15);1-2H,(H,5,6)(H,7,8)/b;2-1-. The lowest BCUT2D eigenvalue weighted by molar-refractivity contribution is -0.134. The Morgan fingerprint density at radius 2 is 1.79 bits per heavy atom. The Kier molecular flexibility index (Phi) is 5.49. The Labute approximate surface area is 138 Å². The molecule has 5 N–H and O–H groups in total. The maximum absolute atomic E-state index is 9.98. The highest BCUT2D eigenvalue weighted by molar-refractivity contribution is 5.92. The molecule has 1 aromatic carbocycles. The Morgan fingerprint density at radius 3 is 2.42 bits per heavy atom. The van der Waals surface area contributed by atoms with Crippen LogP contribution in [0.3, 0.4) is 0 Å². The van der Waals surface area contributed by atoms with Crippen molar-refractivity contribution in [1.29, 1.82) is 0 Å². The molecule has 1 atom stereocenters. The Bertz CT molecular complexity index is 785. The van der Waals surface area contributed by atoms with Crippen LogP contribution in [0.2, 0.25) is 0 Å². The van der Waals surface area contributed by atoms with E-state index in [9.17, 15) is 14.7 Å². The van der Waals surface area contributed by atoms with Gasteiger partial charge in [-0.1, -0.05) is 18.2 Å². The second-order valence-electron chi connectivity index (χ2n) is 5.32. The molecule has 1 unspecified atom stereocenters. The number of nitrogens with two attached hydrogens (primary N) is 1. The fourth-order valence-electron chi connectivity index (χ4n) is 2.62. The molecular formula is C17H18N2O5. The molecule has 3 rings (SSSR count). The van der Waals surface area contributed by atoms with Crippen LogP contribution in [-0.2, 0) is 16.0 Å². The van der Waals surface area contributed by atoms with E-state index in [4.69, 9.17) is 15.9 Å². The number of anilines is 1. The quantitative estimate of drug-likeness (QED) is 0.618. The van der Waals surface area contributed by atoms with E-state index in [2.05, 4.69) is 4.98 Å². The Morgan fingerprint density at radius 1 is 1.17 bits per heavy atom. The van der Waals surface area contributed by atoms with Gasteiger partial charge in [0.25, 0.3) is 0 Å². The second-order valence-corrected chi connectivity index (χ2v) is 5.32. The molecule has 0 bridgehead atoms. The molecule has 1 heterocycles. The van der Waals surface area contributed by atoms with E-state index in [0.29, 0.717) is 17.8 Å². The predicted octanol–water partition coefficient (Wildman–Crippen LogP) is 1.90. The average molecular weight is 330 g/mol. The van der Waals surface area contributed by atoms with Gasteiger partial charge in [-0.25, -0.2) is 9.59 Å². The third kappa shape index (κ3) is 4.08. The molecule has 7 heteroatoms. The molecule has 7 nitrogen and oxygen atoms in total. The highest BCUT2D eigenvalue weighted by Gasteiger charge is 2.23. The number of nitrogens with zero attached hydrogens (tertiary/aromatic N) is 1. The van der Waals surface area contributed by atoms with E-state index < -0.39 is 18.0 Å². The van der Waals surface area contributed by atoms with Crippen molar-refractivity contribution in [3.05, 3.63) is 47.7 Å². The van der Waals surface area contributed by atoms with Crippen LogP contribution >= 0.6 is 0 Å². The first-order valence-corrected chi connectivity index (χ1v) is 7.39. The number of hydrogen-bond acceptors (Lipinski definition) is 5. The maximum atomic E-state index is 9.98. The number of carboxylic acid groups (broad SMARTS) is 2. The molecule has 0 saturated carbocycles. The van der Waals surface area contributed by atoms with Crippen molar-refractivity contribution in [3.8, 4) is 0 Å². The molecule has 1 aromatic heterocycles. The molecule has 0 amide bonds. The monoisotopic (exact) mass is 330 g/mol. The third-order valence-electron chi connectivity index (χ3n) is 3.64. The van der Waals surface area contributed by atoms with Gasteiger partial charge in [0.05, 0.1) is 11.6 Å². The van der Waals surface area contributed by atoms with Gasteiger partial charge in [0.2, 0.25) is 0 Å². The zero-order valence-electron chi connectivity index (χ0n) is 12.8. The van der Waals surface area contributed by atoms with Crippen molar-refractivity contribution >= 4 is 28.5 Å². The molecule has 0 fully saturated rings. The van der Waals surface area contributed by atoms with Crippen LogP contribution in [-0.4, -0.2) is 32.2 Å². The molecule has 1 aliphatic carbocycles. The topological polar surface area (TPSA) is 134 Å². The van der Waals surface area contributed by atoms with Crippen LogP contribution in [0.4, 0.5) is 5.69 Å². The van der Waals surface area contributed by atoms with Crippen molar-refractivity contribution in [3.63, 3.8) is 0 Å². The second kappa shape index (κ2) is 7.56. The van der Waals surface area contributed by atoms with Gasteiger partial charge >= 0.3 is 11.9 Å². The van der Waals surface area contributed by atoms with Crippen molar-refractivity contribution in [1.82, 2.24) is 4.98 Å². The molecular weight excluding hydrogens is 312 g/mol. The molecule has 0 aliphatic heterocycles. The first-order valence-electron chi connectivity index (χ1n) is 7.39. The van der Waals surface area contributed by atoms with Crippen LogP contribution in [0.15, 0.2) is 36.4 Å². The molecule has 0 saturated heterocycles. The van der Waals surface area contributed by atoms with Gasteiger partial charge in [0.15, 0.2) is 0 Å². The van der Waals surface area contributed by atoms with Crippen LogP contribution in [0.5, 0.6) is 0 Å². The number of aryl methyl sites for hydroxylation is 1. The zero-order chi connectivity index (χ0) is 17.7. The first kappa shape index (κ1) is 17.4. The van der Waals surface area contributed by atoms with E-state index in [1.165, 1.54) is 0 Å². The van der Waals surface area contributed by atoms with Gasteiger partial charge in [-0.15, -0.1) is 0 Å². The molecule has 2 aromatic rings. The molecule has 24 heavy (non-hydrogen) atoms. The summed E-state index contributed by atoms with van der Waals surface area (Å²) in [7, 11) is 0. The zero-order valence-corrected chi connectivity index (χ0v) is 12.8. The lowest BCUT2D eigenvalue weighted by Crippen LogP contribution is -2.14. The number of benzene rings is 1. The largest absolute Gasteiger partial charge is 0.478 e. The van der Waals surface area contributed by atoms with E-state index in [1.807, 2.05) is 24.3 Å². The number of hydrogen-bond donors (Lipinski definition) is 4. The highest BCUT2D eigenvalue weighted by Crippen LogP contribution is 2.36. The van der Waals surface area contributed by atoms with Crippen molar-refractivity contribution in [2.45, 2.75) is 25.4 Å². The van der Waals surface area contributed by atoms with Gasteiger partial charge in [0.1, 0.15) is 0 Å². The summed E-state index contributed by atoms with van der Waals surface area (Å²) in [5, 5.41) is 26.6. The van der Waals surface area contributed by atoms with Gasteiger partial charge < -0.3 is 21.1 Å². The van der Waals surface area contributed by atoms with Crippen LogP contribution in [0, 0.1) is 0 Å². The summed E-state index contributed by atoms with van der Waals surface area (Å²) >= 11 is 0. The van der Waals surface area contributed by atoms with Gasteiger partial charge in [-0.2, -0.15) is 0 Å². The van der Waals surface area contributed by atoms with E-state index in [0.717, 1.165) is 41.4 Å². The first-order chi connectivity index (χ1) is 11.4. The minimum Gasteiger partial charge on any atom is -0.478 e. The fraction of sp³-hybridized carbons (Fsp3) is 0.235. The smallest absolute Gasteiger partial charge is 0.328 e. The minimum absolute atomic E-state index is 0.444. The molecule has 0 radical (unpaired) electrons. The summed E-state index contributed by atoms with van der Waals surface area (Å²) in [6, 6.07) is 7.83. The van der Waals surface area contributed by atoms with Crippen molar-refractivity contribution in [2.24, 2.45) is 0 Å². The van der Waals surface area contributed by atoms with Crippen molar-refractivity contribution < 1.29 is 24.9 Å². The number of aliphatic hydroxyl groups excluding tert-OH is 1. The molecule has 126 valence electrons. The normalized spacial score (nSPS) is 16.3. The van der Waals surface area contributed by atoms with Gasteiger partial charge in [-0.05, 0) is 25.3 Å². The van der Waals surface area contributed by atoms with E-state index in [-0.39, 0.29) is 0 Å². The van der Waals surface area contributed by atoms with E-state index in [1.54, 1.807) is 0 Å². The van der Waals surface area contributed by atoms with Crippen LogP contribution in [0.1, 0.15) is 30.2 Å². The number of rotatable bonds is 2.